The Morgan fingerprint density at radius 3 is 2.73 bits per heavy atom. The minimum atomic E-state index is -2.46. The number of nitrogen functional groups attached to an aromatic ring is 1. The van der Waals surface area contributed by atoms with Crippen molar-refractivity contribution in [2.45, 2.75) is 12.0 Å². The number of rotatable bonds is 9. The molecule has 0 bridgehead atoms. The summed E-state index contributed by atoms with van der Waals surface area (Å²) in [5.74, 6) is -0.660. The molecule has 1 aliphatic heterocycles. The molecule has 0 radical (unpaired) electrons. The lowest BCUT2D eigenvalue weighted by Gasteiger charge is -2.26. The van der Waals surface area contributed by atoms with E-state index >= 15 is 0 Å². The lowest BCUT2D eigenvalue weighted by atomic mass is 9.94. The second kappa shape index (κ2) is 9.83. The molecule has 0 aliphatic carbocycles. The quantitative estimate of drug-likeness (QED) is 0.381. The number of benzene rings is 1. The summed E-state index contributed by atoms with van der Waals surface area (Å²) in [5.41, 5.74) is 3.50. The second-order valence-corrected chi connectivity index (χ2v) is 8.54. The average Bonchev–Trinajstić information content (AvgIpc) is 3.27. The number of morpholine rings is 1. The van der Waals surface area contributed by atoms with Crippen molar-refractivity contribution in [3.05, 3.63) is 35.2 Å². The van der Waals surface area contributed by atoms with Gasteiger partial charge in [0.1, 0.15) is 12.0 Å². The van der Waals surface area contributed by atoms with Gasteiger partial charge in [-0.3, -0.25) is 4.90 Å². The van der Waals surface area contributed by atoms with Crippen molar-refractivity contribution in [2.75, 3.05) is 52.3 Å². The van der Waals surface area contributed by atoms with Crippen LogP contribution < -0.4 is 15.2 Å². The summed E-state index contributed by atoms with van der Waals surface area (Å²) in [6.07, 6.45) is 3.25. The van der Waals surface area contributed by atoms with Crippen LogP contribution in [0.2, 0.25) is 0 Å². The lowest BCUT2D eigenvalue weighted by molar-refractivity contribution is -0.154. The molecule has 1 saturated heterocycles. The minimum Gasteiger partial charge on any atom is -0.493 e. The fraction of sp³-hybridized carbons (Fsp3) is 0.429. The summed E-state index contributed by atoms with van der Waals surface area (Å²) in [6, 6.07) is 3.22. The zero-order valence-electron chi connectivity index (χ0n) is 18.1. The van der Waals surface area contributed by atoms with Crippen LogP contribution in [0.25, 0.3) is 10.9 Å². The molecule has 1 atom stereocenters. The predicted octanol–water partition coefficient (Wildman–Crippen LogP) is 1.10. The SMILES string of the molecule is COc1cc2c(C(O)(C(=O)O)c3cnc(N)s3)ncnc2cc1OCCCN1CCOCC1. The third kappa shape index (κ3) is 4.69. The Labute approximate surface area is 193 Å². The number of nitrogens with two attached hydrogens (primary N) is 1. The highest BCUT2D eigenvalue weighted by molar-refractivity contribution is 7.15. The Kier molecular flexibility index (Phi) is 6.88. The molecule has 4 rings (SSSR count). The zero-order valence-corrected chi connectivity index (χ0v) is 18.9. The molecule has 4 N–H and O–H groups in total. The van der Waals surface area contributed by atoms with Gasteiger partial charge in [0.25, 0.3) is 0 Å². The summed E-state index contributed by atoms with van der Waals surface area (Å²) in [7, 11) is 1.48. The van der Waals surface area contributed by atoms with Crippen LogP contribution >= 0.6 is 11.3 Å². The Morgan fingerprint density at radius 2 is 2.06 bits per heavy atom. The molecule has 1 aliphatic rings. The van der Waals surface area contributed by atoms with E-state index in [0.29, 0.717) is 29.0 Å². The second-order valence-electron chi connectivity index (χ2n) is 7.48. The number of carboxylic acid groups (broad SMARTS) is 1. The molecule has 0 amide bonds. The molecule has 33 heavy (non-hydrogen) atoms. The number of nitrogens with zero attached hydrogens (tertiary/aromatic N) is 4. The monoisotopic (exact) mass is 475 g/mol. The number of thiazole rings is 1. The minimum absolute atomic E-state index is 0.0370. The third-order valence-electron chi connectivity index (χ3n) is 5.43. The van der Waals surface area contributed by atoms with E-state index in [-0.39, 0.29) is 15.7 Å². The van der Waals surface area contributed by atoms with Crippen LogP contribution in [0.15, 0.2) is 24.7 Å². The molecule has 12 heteroatoms. The van der Waals surface area contributed by atoms with Gasteiger partial charge in [0, 0.05) is 37.3 Å². The fourth-order valence-corrected chi connectivity index (χ4v) is 4.47. The van der Waals surface area contributed by atoms with Crippen LogP contribution in [0.5, 0.6) is 11.5 Å². The smallest absolute Gasteiger partial charge is 0.347 e. The molecule has 11 nitrogen and oxygen atoms in total. The topological polar surface area (TPSA) is 153 Å². The molecule has 3 heterocycles. The number of carboxylic acids is 1. The van der Waals surface area contributed by atoms with Gasteiger partial charge in [0.05, 0.1) is 37.3 Å². The maximum atomic E-state index is 12.2. The summed E-state index contributed by atoms with van der Waals surface area (Å²) >= 11 is 0.872. The van der Waals surface area contributed by atoms with Crippen LogP contribution in [0, 0.1) is 0 Å². The normalized spacial score (nSPS) is 16.4. The number of methoxy groups -OCH3 is 1. The molecule has 2 aromatic heterocycles. The van der Waals surface area contributed by atoms with E-state index in [0.717, 1.165) is 50.6 Å². The number of carbonyl (C=O) groups is 1. The number of fused-ring (bicyclic) bond motifs is 1. The van der Waals surface area contributed by atoms with Crippen molar-refractivity contribution in [1.29, 1.82) is 0 Å². The van der Waals surface area contributed by atoms with Gasteiger partial charge in [-0.1, -0.05) is 11.3 Å². The first-order valence-electron chi connectivity index (χ1n) is 10.4. The van der Waals surface area contributed by atoms with Gasteiger partial charge in [-0.2, -0.15) is 0 Å². The number of hydrogen-bond acceptors (Lipinski definition) is 11. The molecule has 1 aromatic carbocycles. The number of ether oxygens (including phenoxy) is 3. The van der Waals surface area contributed by atoms with Gasteiger partial charge in [-0.15, -0.1) is 0 Å². The van der Waals surface area contributed by atoms with Gasteiger partial charge in [0.2, 0.25) is 5.60 Å². The largest absolute Gasteiger partial charge is 0.493 e. The summed E-state index contributed by atoms with van der Waals surface area (Å²) in [6.45, 7) is 4.69. The van der Waals surface area contributed by atoms with E-state index in [1.54, 1.807) is 12.1 Å². The van der Waals surface area contributed by atoms with Crippen molar-refractivity contribution in [3.8, 4) is 11.5 Å². The fourth-order valence-electron chi connectivity index (χ4n) is 3.70. The number of aliphatic hydroxyl groups is 1. The van der Waals surface area contributed by atoms with Crippen molar-refractivity contribution >= 4 is 33.3 Å². The van der Waals surface area contributed by atoms with E-state index < -0.39 is 11.6 Å². The molecule has 3 aromatic rings. The molecule has 1 fully saturated rings. The summed E-state index contributed by atoms with van der Waals surface area (Å²) in [5, 5.41) is 21.6. The molecule has 0 saturated carbocycles. The van der Waals surface area contributed by atoms with E-state index in [2.05, 4.69) is 19.9 Å². The molecule has 1 unspecified atom stereocenters. The highest BCUT2D eigenvalue weighted by Crippen LogP contribution is 2.39. The standard InChI is InChI=1S/C21H25N5O6S/c1-30-15-9-13-14(10-16(15)32-6-2-3-26-4-7-31-8-5-26)24-12-25-18(13)21(29,19(27)28)17-11-23-20(22)33-17/h9-12,29H,2-8H2,1H3,(H2,22,23)(H,27,28). The maximum absolute atomic E-state index is 12.2. The van der Waals surface area contributed by atoms with Crippen LogP contribution in [0.1, 0.15) is 17.0 Å². The Hall–Kier alpha value is -3.06. The highest BCUT2D eigenvalue weighted by Gasteiger charge is 2.45. The van der Waals surface area contributed by atoms with Crippen molar-refractivity contribution in [2.24, 2.45) is 0 Å². The van der Waals surface area contributed by atoms with Crippen molar-refractivity contribution < 1.29 is 29.2 Å². The van der Waals surface area contributed by atoms with Crippen LogP contribution in [0.4, 0.5) is 5.13 Å². The Balaban J connectivity index is 1.62. The van der Waals surface area contributed by atoms with Crippen LogP contribution in [-0.4, -0.2) is 82.6 Å². The first kappa shape index (κ1) is 23.1. The van der Waals surface area contributed by atoms with E-state index in [4.69, 9.17) is 19.9 Å². The maximum Gasteiger partial charge on any atom is 0.347 e. The van der Waals surface area contributed by atoms with E-state index in [1.165, 1.54) is 19.6 Å². The highest BCUT2D eigenvalue weighted by atomic mass is 32.1. The first-order valence-corrected chi connectivity index (χ1v) is 11.2. The zero-order chi connectivity index (χ0) is 23.4. The lowest BCUT2D eigenvalue weighted by Crippen LogP contribution is -2.37. The van der Waals surface area contributed by atoms with Crippen molar-refractivity contribution in [3.63, 3.8) is 0 Å². The van der Waals surface area contributed by atoms with Gasteiger partial charge in [-0.25, -0.2) is 19.7 Å². The van der Waals surface area contributed by atoms with Gasteiger partial charge < -0.3 is 30.2 Å². The van der Waals surface area contributed by atoms with Crippen LogP contribution in [-0.2, 0) is 15.1 Å². The summed E-state index contributed by atoms with van der Waals surface area (Å²) in [4.78, 5) is 26.7. The number of anilines is 1. The van der Waals surface area contributed by atoms with Gasteiger partial charge in [-0.05, 0) is 12.5 Å². The average molecular weight is 476 g/mol. The van der Waals surface area contributed by atoms with Gasteiger partial charge in [0.15, 0.2) is 16.6 Å². The molecule has 0 spiro atoms. The molecular weight excluding hydrogens is 450 g/mol. The van der Waals surface area contributed by atoms with Crippen LogP contribution in [0.3, 0.4) is 0 Å². The van der Waals surface area contributed by atoms with E-state index in [1.807, 2.05) is 0 Å². The Morgan fingerprint density at radius 1 is 1.27 bits per heavy atom. The van der Waals surface area contributed by atoms with Crippen molar-refractivity contribution in [1.82, 2.24) is 19.9 Å². The molecular formula is C21H25N5O6S. The van der Waals surface area contributed by atoms with E-state index in [9.17, 15) is 15.0 Å². The summed E-state index contributed by atoms with van der Waals surface area (Å²) < 4.78 is 16.8. The molecule has 176 valence electrons. The van der Waals surface area contributed by atoms with Gasteiger partial charge >= 0.3 is 5.97 Å². The number of aliphatic carboxylic acids is 1. The number of hydrogen-bond donors (Lipinski definition) is 3. The first-order chi connectivity index (χ1) is 15.9. The third-order valence-corrected chi connectivity index (χ3v) is 6.37. The Bertz CT molecular complexity index is 1140. The number of aromatic nitrogens is 3. The predicted molar refractivity (Wildman–Crippen MR) is 121 cm³/mol.